The van der Waals surface area contributed by atoms with Gasteiger partial charge >= 0.3 is 23.9 Å². The van der Waals surface area contributed by atoms with Crippen LogP contribution >= 0.6 is 0 Å². The van der Waals surface area contributed by atoms with E-state index in [0.29, 0.717) is 0 Å². The van der Waals surface area contributed by atoms with E-state index in [1.807, 2.05) is 0 Å². The van der Waals surface area contributed by atoms with E-state index in [-0.39, 0.29) is 73.6 Å². The summed E-state index contributed by atoms with van der Waals surface area (Å²) in [6.45, 7) is 28.0. The highest BCUT2D eigenvalue weighted by molar-refractivity contribution is 6.10. The number of hydrogen-bond acceptors (Lipinski definition) is 12. The molecule has 4 fully saturated rings. The van der Waals surface area contributed by atoms with E-state index in [1.165, 1.54) is 0 Å². The smallest absolute Gasteiger partial charge is 0.339 e. The van der Waals surface area contributed by atoms with E-state index in [9.17, 15) is 40.0 Å². The minimum Gasteiger partial charge on any atom is -0.459 e. The average molecular weight is 871 g/mol. The molecule has 4 radical (unpaired) electrons. The van der Waals surface area contributed by atoms with Crippen molar-refractivity contribution < 1.29 is 59.0 Å². The summed E-state index contributed by atoms with van der Waals surface area (Å²) < 4.78 is 24.3. The number of nitrogens with zero attached hydrogens (tertiary/aromatic N) is 4. The lowest BCUT2D eigenvalue weighted by atomic mass is 9.80. The Morgan fingerprint density at radius 2 is 0.468 bits per heavy atom. The van der Waals surface area contributed by atoms with E-state index in [4.69, 9.17) is 18.9 Å². The lowest BCUT2D eigenvalue weighted by Crippen LogP contribution is -2.60. The van der Waals surface area contributed by atoms with Gasteiger partial charge in [-0.05, 0) is 123 Å². The second kappa shape index (κ2) is 16.3. The van der Waals surface area contributed by atoms with Gasteiger partial charge in [0.15, 0.2) is 0 Å². The van der Waals surface area contributed by atoms with Gasteiger partial charge in [0, 0.05) is 95.7 Å². The van der Waals surface area contributed by atoms with Crippen molar-refractivity contribution in [2.45, 2.75) is 231 Å². The van der Waals surface area contributed by atoms with Crippen molar-refractivity contribution in [3.8, 4) is 0 Å². The van der Waals surface area contributed by atoms with Crippen molar-refractivity contribution in [2.75, 3.05) is 0 Å². The Hall–Kier alpha value is -3.22. The molecule has 1 aromatic rings. The minimum absolute atomic E-state index is 0.168. The zero-order valence-corrected chi connectivity index (χ0v) is 39.8. The summed E-state index contributed by atoms with van der Waals surface area (Å²) in [5.41, 5.74) is -8.85. The Morgan fingerprint density at radius 3 is 0.597 bits per heavy atom. The Bertz CT molecular complexity index is 1580. The molecule has 5 rings (SSSR count). The molecule has 4 aliphatic heterocycles. The second-order valence-corrected chi connectivity index (χ2v) is 23.4. The highest BCUT2D eigenvalue weighted by Gasteiger charge is 2.52. The summed E-state index contributed by atoms with van der Waals surface area (Å²) in [6.07, 6.45) is -1.75. The molecule has 16 heteroatoms. The predicted octanol–water partition coefficient (Wildman–Crippen LogP) is 7.78. The Balaban J connectivity index is 1.63. The van der Waals surface area contributed by atoms with Crippen LogP contribution < -0.4 is 0 Å². The second-order valence-electron chi connectivity index (χ2n) is 23.4. The molecule has 4 aliphatic rings. The number of piperidine rings is 4. The van der Waals surface area contributed by atoms with Crippen molar-refractivity contribution in [1.29, 1.82) is 0 Å². The molecule has 16 nitrogen and oxygen atoms in total. The Labute approximate surface area is 367 Å². The van der Waals surface area contributed by atoms with Gasteiger partial charge in [0.1, 0.15) is 24.4 Å². The van der Waals surface area contributed by atoms with Crippen LogP contribution in [-0.4, -0.2) is 113 Å². The van der Waals surface area contributed by atoms with Crippen LogP contribution in [0, 0.1) is 0 Å². The summed E-state index contributed by atoms with van der Waals surface area (Å²) in [5, 5.41) is 56.7. The molecule has 0 atom stereocenters. The van der Waals surface area contributed by atoms with Crippen molar-refractivity contribution in [3.05, 3.63) is 34.4 Å². The van der Waals surface area contributed by atoms with Crippen LogP contribution in [0.1, 0.15) is 204 Å². The number of esters is 4. The number of carbonyl (C=O) groups is 4. The van der Waals surface area contributed by atoms with Gasteiger partial charge in [-0.25, -0.2) is 19.2 Å². The van der Waals surface area contributed by atoms with Gasteiger partial charge < -0.3 is 18.9 Å². The van der Waals surface area contributed by atoms with Gasteiger partial charge in [-0.15, -0.1) is 41.1 Å². The summed E-state index contributed by atoms with van der Waals surface area (Å²) in [7, 11) is 0. The van der Waals surface area contributed by atoms with E-state index >= 15 is 0 Å². The fourth-order valence-electron chi connectivity index (χ4n) is 11.2. The highest BCUT2D eigenvalue weighted by Crippen LogP contribution is 2.43. The first-order valence-electron chi connectivity index (χ1n) is 21.8. The SMILES string of the molecule is CC1(C)CC(OC(=O)c2cc(C(=O)OC3CC(C)(C)N([O])C(C)(C)C3)c(C(=O)OC3CC(C)(C)N([O])C(C)(C)C3)cc2C(=O)OC2CC(C)(C)N([O])C(C)(C)C2)CC(C)(C)N1[O]. The molecule has 0 aromatic heterocycles. The van der Waals surface area contributed by atoms with Crippen molar-refractivity contribution in [1.82, 2.24) is 20.3 Å². The van der Waals surface area contributed by atoms with Gasteiger partial charge in [-0.3, -0.25) is 0 Å². The summed E-state index contributed by atoms with van der Waals surface area (Å²) in [5.74, 6) is -3.98. The minimum atomic E-state index is -0.995. The number of rotatable bonds is 8. The maximum absolute atomic E-state index is 14.5. The molecule has 4 heterocycles. The van der Waals surface area contributed by atoms with Crippen LogP contribution in [0.3, 0.4) is 0 Å². The largest absolute Gasteiger partial charge is 0.459 e. The van der Waals surface area contributed by atoms with Crippen molar-refractivity contribution in [2.24, 2.45) is 0 Å². The quantitative estimate of drug-likeness (QED) is 0.182. The van der Waals surface area contributed by atoms with Crippen molar-refractivity contribution >= 4 is 23.9 Å². The fraction of sp³-hybridized carbons (Fsp3) is 0.783. The molecular weight excluding hydrogens is 801 g/mol. The molecule has 0 saturated carbocycles. The first kappa shape index (κ1) is 49.8. The molecule has 0 aliphatic carbocycles. The molecule has 0 bridgehead atoms. The molecule has 0 spiro atoms. The first-order chi connectivity index (χ1) is 27.9. The van der Waals surface area contributed by atoms with Gasteiger partial charge in [-0.1, -0.05) is 0 Å². The van der Waals surface area contributed by atoms with Crippen LogP contribution in [0.5, 0.6) is 0 Å². The Kier molecular flexibility index (Phi) is 13.1. The van der Waals surface area contributed by atoms with Crippen molar-refractivity contribution in [3.63, 3.8) is 0 Å². The summed E-state index contributed by atoms with van der Waals surface area (Å²) in [6, 6.07) is 2.19. The first-order valence-corrected chi connectivity index (χ1v) is 21.8. The third-order valence-corrected chi connectivity index (χ3v) is 13.3. The zero-order chi connectivity index (χ0) is 47.1. The van der Waals surface area contributed by atoms with Crippen LogP contribution in [0.25, 0.3) is 0 Å². The monoisotopic (exact) mass is 870 g/mol. The third-order valence-electron chi connectivity index (χ3n) is 13.3. The molecular formula is C46H70N4O12. The van der Waals surface area contributed by atoms with E-state index in [1.54, 1.807) is 111 Å². The molecule has 346 valence electrons. The van der Waals surface area contributed by atoms with Gasteiger partial charge in [0.05, 0.1) is 22.3 Å². The fourth-order valence-corrected chi connectivity index (χ4v) is 11.2. The predicted molar refractivity (Wildman–Crippen MR) is 223 cm³/mol. The summed E-state index contributed by atoms with van der Waals surface area (Å²) in [4.78, 5) is 58.1. The molecule has 62 heavy (non-hydrogen) atoms. The van der Waals surface area contributed by atoms with Gasteiger partial charge in [0.2, 0.25) is 0 Å². The topological polar surface area (TPSA) is 198 Å². The summed E-state index contributed by atoms with van der Waals surface area (Å²) >= 11 is 0. The lowest BCUT2D eigenvalue weighted by molar-refractivity contribution is -0.298. The lowest BCUT2D eigenvalue weighted by Gasteiger charge is -2.49. The number of carbonyl (C=O) groups excluding carboxylic acids is 4. The number of hydroxylamine groups is 8. The molecule has 0 amide bonds. The maximum atomic E-state index is 14.5. The average Bonchev–Trinajstić information content (AvgIpc) is 3.09. The van der Waals surface area contributed by atoms with E-state index in [0.717, 1.165) is 32.4 Å². The maximum Gasteiger partial charge on any atom is 0.339 e. The van der Waals surface area contributed by atoms with Crippen LogP contribution in [0.2, 0.25) is 0 Å². The van der Waals surface area contributed by atoms with Crippen LogP contribution in [0.15, 0.2) is 12.1 Å². The zero-order valence-electron chi connectivity index (χ0n) is 39.8. The Morgan fingerprint density at radius 1 is 0.339 bits per heavy atom. The molecule has 0 unspecified atom stereocenters. The number of hydrogen-bond donors (Lipinski definition) is 0. The molecule has 0 N–H and O–H groups in total. The number of benzene rings is 1. The third kappa shape index (κ3) is 10.0. The standard InChI is InChI=1S/C46H70N4O12/c1-39(2)19-27(20-40(3,4)47(39)55)59-35(51)31-17-33(37(53)61-29-23-43(9,10)49(57)44(11,12)24-29)34(38(54)62-30-25-45(13,14)50(58)46(15,16)26-30)18-32(31)36(52)60-28-21-41(5,6)48(56)42(7,8)22-28/h17-18,27-30H,19-26H2,1-16H3. The molecule has 1 aromatic carbocycles. The van der Waals surface area contributed by atoms with Gasteiger partial charge in [0.25, 0.3) is 0 Å². The highest BCUT2D eigenvalue weighted by atomic mass is 16.6. The van der Waals surface area contributed by atoms with Crippen LogP contribution in [-0.2, 0) is 39.8 Å². The molecule has 4 saturated heterocycles. The van der Waals surface area contributed by atoms with Gasteiger partial charge in [-0.2, -0.15) is 0 Å². The van der Waals surface area contributed by atoms with E-state index < -0.39 is 92.6 Å². The van der Waals surface area contributed by atoms with E-state index in [2.05, 4.69) is 0 Å². The number of ether oxygens (including phenoxy) is 4. The van der Waals surface area contributed by atoms with Crippen LogP contribution in [0.4, 0.5) is 0 Å². The normalized spacial score (nSPS) is 26.6.